The minimum Gasteiger partial charge on any atom is -0.378 e. The van der Waals surface area contributed by atoms with E-state index < -0.39 is 0 Å². The van der Waals surface area contributed by atoms with Crippen molar-refractivity contribution in [2.24, 2.45) is 11.3 Å². The summed E-state index contributed by atoms with van der Waals surface area (Å²) >= 11 is 0. The van der Waals surface area contributed by atoms with Gasteiger partial charge in [0.05, 0.1) is 19.4 Å². The number of alkyl halides is 1. The molecule has 2 rings (SSSR count). The largest absolute Gasteiger partial charge is 0.378 e. The lowest BCUT2D eigenvalue weighted by Crippen LogP contribution is -2.48. The van der Waals surface area contributed by atoms with Gasteiger partial charge in [-0.1, -0.05) is 6.42 Å². The van der Waals surface area contributed by atoms with Gasteiger partial charge in [-0.05, 0) is 65.0 Å². The minimum absolute atomic E-state index is 0.142. The first-order valence-electron chi connectivity index (χ1n) is 8.03. The molecule has 1 saturated carbocycles. The molecule has 0 aromatic rings. The number of hydrogen-bond acceptors (Lipinski definition) is 2. The number of rotatable bonds is 7. The van der Waals surface area contributed by atoms with Gasteiger partial charge in [0.2, 0.25) is 0 Å². The Morgan fingerprint density at radius 3 is 2.42 bits per heavy atom. The van der Waals surface area contributed by atoms with Crippen molar-refractivity contribution in [1.29, 1.82) is 0 Å². The van der Waals surface area contributed by atoms with E-state index in [0.717, 1.165) is 26.1 Å². The highest BCUT2D eigenvalue weighted by Gasteiger charge is 2.39. The van der Waals surface area contributed by atoms with Gasteiger partial charge in [-0.3, -0.25) is 4.39 Å². The van der Waals surface area contributed by atoms with Crippen LogP contribution >= 0.6 is 0 Å². The maximum Gasteiger partial charge on any atom is 0.0897 e. The highest BCUT2D eigenvalue weighted by molar-refractivity contribution is 4.91. The Hall–Kier alpha value is -0.150. The SMILES string of the molecule is CC(C)OCC1(CN2CCC(CCF)CC2)CCC1. The van der Waals surface area contributed by atoms with Gasteiger partial charge in [0.25, 0.3) is 0 Å². The van der Waals surface area contributed by atoms with Crippen LogP contribution in [0.25, 0.3) is 0 Å². The lowest BCUT2D eigenvalue weighted by molar-refractivity contribution is -0.0541. The molecule has 3 heteroatoms. The van der Waals surface area contributed by atoms with Gasteiger partial charge in [0, 0.05) is 12.0 Å². The monoisotopic (exact) mass is 271 g/mol. The molecule has 2 nitrogen and oxygen atoms in total. The zero-order valence-electron chi connectivity index (χ0n) is 12.7. The van der Waals surface area contributed by atoms with E-state index in [1.807, 2.05) is 0 Å². The van der Waals surface area contributed by atoms with Crippen LogP contribution in [0.5, 0.6) is 0 Å². The van der Waals surface area contributed by atoms with Crippen molar-refractivity contribution in [2.45, 2.75) is 58.5 Å². The summed E-state index contributed by atoms with van der Waals surface area (Å²) in [6, 6.07) is 0. The van der Waals surface area contributed by atoms with Crippen molar-refractivity contribution in [1.82, 2.24) is 4.90 Å². The van der Waals surface area contributed by atoms with E-state index in [0.29, 0.717) is 17.4 Å². The second-order valence-corrected chi connectivity index (χ2v) is 6.91. The minimum atomic E-state index is -0.142. The zero-order valence-corrected chi connectivity index (χ0v) is 12.7. The van der Waals surface area contributed by atoms with Gasteiger partial charge in [-0.15, -0.1) is 0 Å². The molecule has 1 aliphatic carbocycles. The molecule has 0 N–H and O–H groups in total. The fraction of sp³-hybridized carbons (Fsp3) is 1.00. The van der Waals surface area contributed by atoms with E-state index >= 15 is 0 Å². The third kappa shape index (κ3) is 4.42. The van der Waals surface area contributed by atoms with E-state index in [9.17, 15) is 4.39 Å². The molecule has 0 amide bonds. The average molecular weight is 271 g/mol. The first kappa shape index (κ1) is 15.2. The number of ether oxygens (including phenoxy) is 1. The first-order chi connectivity index (χ1) is 9.13. The molecule has 1 aliphatic heterocycles. The van der Waals surface area contributed by atoms with Gasteiger partial charge in [-0.2, -0.15) is 0 Å². The molecule has 1 saturated heterocycles. The van der Waals surface area contributed by atoms with Crippen molar-refractivity contribution >= 4 is 0 Å². The summed E-state index contributed by atoms with van der Waals surface area (Å²) in [6.45, 7) is 8.54. The van der Waals surface area contributed by atoms with Crippen LogP contribution < -0.4 is 0 Å². The van der Waals surface area contributed by atoms with Crippen molar-refractivity contribution in [3.8, 4) is 0 Å². The standard InChI is InChI=1S/C16H30FNO/c1-14(2)19-13-16(7-3-8-16)12-18-10-5-15(4-9-17)6-11-18/h14-15H,3-13H2,1-2H3. The van der Waals surface area contributed by atoms with E-state index in [4.69, 9.17) is 4.74 Å². The Balaban J connectivity index is 1.73. The van der Waals surface area contributed by atoms with Crippen molar-refractivity contribution in [2.75, 3.05) is 32.9 Å². The Kier molecular flexibility index (Phi) is 5.64. The quantitative estimate of drug-likeness (QED) is 0.701. The maximum atomic E-state index is 12.4. The summed E-state index contributed by atoms with van der Waals surface area (Å²) < 4.78 is 18.2. The lowest BCUT2D eigenvalue weighted by atomic mass is 9.68. The fourth-order valence-electron chi connectivity index (χ4n) is 3.43. The van der Waals surface area contributed by atoms with Crippen LogP contribution in [0, 0.1) is 11.3 Å². The van der Waals surface area contributed by atoms with Crippen LogP contribution in [0.3, 0.4) is 0 Å². The second-order valence-electron chi connectivity index (χ2n) is 6.91. The molecular formula is C16H30FNO. The number of hydrogen-bond donors (Lipinski definition) is 0. The summed E-state index contributed by atoms with van der Waals surface area (Å²) in [4.78, 5) is 2.59. The Bertz CT molecular complexity index is 257. The van der Waals surface area contributed by atoms with Crippen LogP contribution in [-0.2, 0) is 4.74 Å². The predicted molar refractivity (Wildman–Crippen MR) is 77.1 cm³/mol. The molecule has 2 aliphatic rings. The maximum absolute atomic E-state index is 12.4. The van der Waals surface area contributed by atoms with E-state index in [1.54, 1.807) is 0 Å². The molecule has 0 atom stereocenters. The molecule has 0 radical (unpaired) electrons. The Morgan fingerprint density at radius 1 is 1.26 bits per heavy atom. The number of likely N-dealkylation sites (tertiary alicyclic amines) is 1. The molecule has 112 valence electrons. The van der Waals surface area contributed by atoms with E-state index in [2.05, 4.69) is 18.7 Å². The van der Waals surface area contributed by atoms with Gasteiger partial charge < -0.3 is 9.64 Å². The van der Waals surface area contributed by atoms with Crippen molar-refractivity contribution < 1.29 is 9.13 Å². The fourth-order valence-corrected chi connectivity index (χ4v) is 3.43. The Morgan fingerprint density at radius 2 is 1.95 bits per heavy atom. The highest BCUT2D eigenvalue weighted by Crippen LogP contribution is 2.42. The van der Waals surface area contributed by atoms with Gasteiger partial charge >= 0.3 is 0 Å². The molecule has 0 aromatic heterocycles. The van der Waals surface area contributed by atoms with Gasteiger partial charge in [0.1, 0.15) is 0 Å². The molecule has 0 spiro atoms. The van der Waals surface area contributed by atoms with Crippen LogP contribution in [0.2, 0.25) is 0 Å². The third-order valence-corrected chi connectivity index (χ3v) is 4.92. The average Bonchev–Trinajstić information content (AvgIpc) is 2.35. The Labute approximate surface area is 117 Å². The van der Waals surface area contributed by atoms with Crippen molar-refractivity contribution in [3.05, 3.63) is 0 Å². The predicted octanol–water partition coefficient (Wildman–Crippen LogP) is 3.65. The summed E-state index contributed by atoms with van der Waals surface area (Å²) in [5, 5.41) is 0. The molecule has 19 heavy (non-hydrogen) atoms. The molecule has 0 aromatic carbocycles. The lowest BCUT2D eigenvalue weighted by Gasteiger charge is -2.46. The third-order valence-electron chi connectivity index (χ3n) is 4.92. The molecular weight excluding hydrogens is 241 g/mol. The molecule has 1 heterocycles. The van der Waals surface area contributed by atoms with Gasteiger partial charge in [-0.25, -0.2) is 0 Å². The van der Waals surface area contributed by atoms with Crippen LogP contribution in [0.4, 0.5) is 4.39 Å². The number of halogens is 1. The normalized spacial score (nSPS) is 24.6. The molecule has 2 fully saturated rings. The van der Waals surface area contributed by atoms with Crippen molar-refractivity contribution in [3.63, 3.8) is 0 Å². The second kappa shape index (κ2) is 7.03. The summed E-state index contributed by atoms with van der Waals surface area (Å²) in [6.07, 6.45) is 7.49. The smallest absolute Gasteiger partial charge is 0.0897 e. The van der Waals surface area contributed by atoms with Crippen LogP contribution in [0.1, 0.15) is 52.4 Å². The van der Waals surface area contributed by atoms with E-state index in [-0.39, 0.29) is 6.67 Å². The summed E-state index contributed by atoms with van der Waals surface area (Å²) in [7, 11) is 0. The zero-order chi connectivity index (χ0) is 13.7. The van der Waals surface area contributed by atoms with E-state index in [1.165, 1.54) is 38.6 Å². The summed E-state index contributed by atoms with van der Waals surface area (Å²) in [5.74, 6) is 0.630. The molecule has 0 bridgehead atoms. The van der Waals surface area contributed by atoms with Gasteiger partial charge in [0.15, 0.2) is 0 Å². The first-order valence-corrected chi connectivity index (χ1v) is 8.03. The number of nitrogens with zero attached hydrogens (tertiary/aromatic N) is 1. The van der Waals surface area contributed by atoms with Crippen LogP contribution in [-0.4, -0.2) is 43.9 Å². The number of piperidine rings is 1. The van der Waals surface area contributed by atoms with Crippen LogP contribution in [0.15, 0.2) is 0 Å². The molecule has 0 unspecified atom stereocenters. The highest BCUT2D eigenvalue weighted by atomic mass is 19.1. The topological polar surface area (TPSA) is 12.5 Å². The summed E-state index contributed by atoms with van der Waals surface area (Å²) in [5.41, 5.74) is 0.428.